The van der Waals surface area contributed by atoms with Gasteiger partial charge in [-0.05, 0) is 72.9 Å². The van der Waals surface area contributed by atoms with E-state index < -0.39 is 81.1 Å². The third-order valence-corrected chi connectivity index (χ3v) is 26.7. The van der Waals surface area contributed by atoms with Crippen LogP contribution in [0.5, 0.6) is 11.5 Å². The molecule has 1 N–H and O–H groups in total. The second-order valence-corrected chi connectivity index (χ2v) is 46.9. The summed E-state index contributed by atoms with van der Waals surface area (Å²) in [6, 6.07) is 27.8. The van der Waals surface area contributed by atoms with Crippen molar-refractivity contribution in [2.24, 2.45) is 0 Å². The first kappa shape index (κ1) is 81.2. The summed E-state index contributed by atoms with van der Waals surface area (Å²) in [4.78, 5) is 30.5. The van der Waals surface area contributed by atoms with E-state index in [9.17, 15) is 0 Å². The highest BCUT2D eigenvalue weighted by Gasteiger charge is 2.55. The summed E-state index contributed by atoms with van der Waals surface area (Å²) in [6.45, 7) is 30.1. The lowest BCUT2D eigenvalue weighted by atomic mass is 9.96. The van der Waals surface area contributed by atoms with Crippen molar-refractivity contribution in [3.8, 4) is 11.5 Å². The maximum Gasteiger partial charge on any atom is 0.588 e. The van der Waals surface area contributed by atoms with Crippen LogP contribution in [-0.2, 0) is 62.9 Å². The van der Waals surface area contributed by atoms with Crippen LogP contribution in [0.4, 0.5) is 0 Å². The second-order valence-electron chi connectivity index (χ2n) is 29.4. The molecule has 0 aromatic heterocycles. The number of benzene rings is 3. The van der Waals surface area contributed by atoms with E-state index in [1.54, 1.807) is 48.5 Å². The number of amides is 1. The molecule has 1 amide bonds. The Morgan fingerprint density at radius 1 is 0.565 bits per heavy atom. The van der Waals surface area contributed by atoms with Crippen molar-refractivity contribution in [3.05, 3.63) is 96.6 Å². The highest BCUT2D eigenvalue weighted by atomic mass is 31.2. The first-order valence-electron chi connectivity index (χ1n) is 35.5. The standard InChI is InChI=1S/C73H126NO14PSi3/c1-14-16-18-20-22-24-25-27-29-31-38-50-65(82-60-79-57-61-43-35-32-36-44-61)56-68(76)85-71-69(74-67(75)55-64(81-59-78-51-53-90(6,7)8)49-37-30-28-26-23-21-19-17-15-2)72(80-52-54-91(9,10)11)84-66(58-83-92(12,13)73(3,4)5)70(71)88-89(77,86-62-45-39-33-40-46-62)87-63-47-41-34-42-48-63/h32-36,39-48,64-66,69-72H,14-31,37-38,49-60H2,1-13H3,(H,74,75)/t64?,65?,66-,69-,70-,71-,72-/m1/s1. The average Bonchev–Trinajstić information content (AvgIpc) is 0.776. The van der Waals surface area contributed by atoms with Crippen LogP contribution in [-0.4, -0.2) is 113 Å². The minimum Gasteiger partial charge on any atom is -0.457 e. The zero-order chi connectivity index (χ0) is 67.1. The van der Waals surface area contributed by atoms with Gasteiger partial charge in [-0.15, -0.1) is 0 Å². The number of hydrogen-bond acceptors (Lipinski definition) is 14. The van der Waals surface area contributed by atoms with Gasteiger partial charge in [-0.1, -0.05) is 269 Å². The van der Waals surface area contributed by atoms with Crippen LogP contribution in [0.2, 0.25) is 69.5 Å². The molecule has 3 aromatic rings. The molecule has 1 aliphatic heterocycles. The van der Waals surface area contributed by atoms with E-state index in [0.29, 0.717) is 32.7 Å². The molecule has 1 saturated heterocycles. The maximum atomic E-state index is 15.9. The fourth-order valence-electron chi connectivity index (χ4n) is 10.5. The van der Waals surface area contributed by atoms with Crippen LogP contribution in [0.1, 0.15) is 194 Å². The molecule has 19 heteroatoms. The molecule has 0 radical (unpaired) electrons. The van der Waals surface area contributed by atoms with Gasteiger partial charge in [0.15, 0.2) is 20.7 Å². The molecule has 3 aromatic carbocycles. The van der Waals surface area contributed by atoms with Crippen molar-refractivity contribution >= 4 is 44.2 Å². The summed E-state index contributed by atoms with van der Waals surface area (Å²) in [5, 5.41) is 3.05. The molecule has 0 aliphatic carbocycles. The molecule has 2 unspecified atom stereocenters. The molecule has 1 fully saturated rings. The number of phosphoric acid groups is 1. The zero-order valence-electron chi connectivity index (χ0n) is 59.5. The molecule has 0 bridgehead atoms. The van der Waals surface area contributed by atoms with Gasteiger partial charge < -0.3 is 51.9 Å². The molecular formula is C73H126NO14PSi3. The van der Waals surface area contributed by atoms with Gasteiger partial charge in [0, 0.05) is 29.4 Å². The minimum atomic E-state index is -4.79. The third-order valence-electron chi connectivity index (χ3n) is 17.4. The Morgan fingerprint density at radius 3 is 1.49 bits per heavy atom. The van der Waals surface area contributed by atoms with E-state index in [0.717, 1.165) is 62.6 Å². The largest absolute Gasteiger partial charge is 0.588 e. The molecule has 4 rings (SSSR count). The van der Waals surface area contributed by atoms with Gasteiger partial charge >= 0.3 is 13.8 Å². The Morgan fingerprint density at radius 2 is 1.01 bits per heavy atom. The van der Waals surface area contributed by atoms with E-state index in [4.69, 9.17) is 51.2 Å². The predicted octanol–water partition coefficient (Wildman–Crippen LogP) is 19.8. The summed E-state index contributed by atoms with van der Waals surface area (Å²) in [5.41, 5.74) is 1.00. The molecule has 15 nitrogen and oxygen atoms in total. The van der Waals surface area contributed by atoms with Crippen molar-refractivity contribution in [3.63, 3.8) is 0 Å². The first-order chi connectivity index (χ1) is 43.9. The summed E-state index contributed by atoms with van der Waals surface area (Å²) in [5.74, 6) is -0.588. The van der Waals surface area contributed by atoms with Gasteiger partial charge in [0.1, 0.15) is 43.3 Å². The fraction of sp³-hybridized carbons (Fsp3) is 0.726. The van der Waals surface area contributed by atoms with Crippen molar-refractivity contribution in [2.75, 3.05) is 33.4 Å². The van der Waals surface area contributed by atoms with Crippen molar-refractivity contribution in [1.29, 1.82) is 0 Å². The summed E-state index contributed by atoms with van der Waals surface area (Å²) in [7, 11) is -10.4. The number of esters is 1. The monoisotopic (exact) mass is 1360 g/mol. The minimum absolute atomic E-state index is 0.0266. The SMILES string of the molecule is CCCCCCCCCCCCCC(CC(=O)O[C@@H]1[C@@H](NC(=O)CC(CCCCCCCCCCC)OCOCC[Si](C)(C)C)[C@H](OCC[Si](C)(C)C)O[C@H](CO[Si](C)(C)C(C)(C)C)[C@H]1OP(=O)(Oc1ccccc1)Oc1ccccc1)OCOCc1ccccc1. The lowest BCUT2D eigenvalue weighted by Crippen LogP contribution is -2.67. The van der Waals surface area contributed by atoms with E-state index in [1.165, 1.54) is 83.5 Å². The van der Waals surface area contributed by atoms with Crippen LogP contribution < -0.4 is 14.4 Å². The van der Waals surface area contributed by atoms with Gasteiger partial charge in [-0.2, -0.15) is 0 Å². The highest BCUT2D eigenvalue weighted by Crippen LogP contribution is 2.53. The molecule has 0 spiro atoms. The fourth-order valence-corrected chi connectivity index (χ4v) is 14.5. The van der Waals surface area contributed by atoms with E-state index in [1.807, 2.05) is 42.5 Å². The van der Waals surface area contributed by atoms with Gasteiger partial charge in [-0.3, -0.25) is 14.1 Å². The number of para-hydroxylation sites is 2. The van der Waals surface area contributed by atoms with E-state index >= 15 is 14.2 Å². The maximum absolute atomic E-state index is 15.9. The predicted molar refractivity (Wildman–Crippen MR) is 381 cm³/mol. The normalized spacial score (nSPS) is 18.1. The quantitative estimate of drug-likeness (QED) is 0.0187. The van der Waals surface area contributed by atoms with Crippen LogP contribution in [0.15, 0.2) is 91.0 Å². The number of carbonyl (C=O) groups is 2. The summed E-state index contributed by atoms with van der Waals surface area (Å²) in [6.07, 6.45) is 18.2. The zero-order valence-corrected chi connectivity index (χ0v) is 63.4. The number of ether oxygens (including phenoxy) is 7. The Labute approximate surface area is 561 Å². The molecule has 92 heavy (non-hydrogen) atoms. The number of rotatable bonds is 52. The Balaban J connectivity index is 1.81. The number of unbranched alkanes of at least 4 members (excludes halogenated alkanes) is 18. The molecule has 524 valence electrons. The molecule has 1 aliphatic rings. The molecule has 0 saturated carbocycles. The number of hydrogen-bond donors (Lipinski definition) is 1. The highest BCUT2D eigenvalue weighted by molar-refractivity contribution is 7.49. The smallest absolute Gasteiger partial charge is 0.457 e. The average molecular weight is 1360 g/mol. The lowest BCUT2D eigenvalue weighted by molar-refractivity contribution is -0.269. The number of phosphoric ester groups is 1. The molecule has 7 atom stereocenters. The van der Waals surface area contributed by atoms with Gasteiger partial charge in [-0.25, -0.2) is 4.57 Å². The molecule has 1 heterocycles. The molecular weight excluding hydrogens is 1230 g/mol. The van der Waals surface area contributed by atoms with Crippen molar-refractivity contribution in [2.45, 2.75) is 308 Å². The van der Waals surface area contributed by atoms with Gasteiger partial charge in [0.25, 0.3) is 0 Å². The Kier molecular flexibility index (Phi) is 39.3. The lowest BCUT2D eigenvalue weighted by Gasteiger charge is -2.47. The summed E-state index contributed by atoms with van der Waals surface area (Å²) >= 11 is 0. The second kappa shape index (κ2) is 44.6. The van der Waals surface area contributed by atoms with E-state index in [2.05, 4.69) is 92.3 Å². The van der Waals surface area contributed by atoms with Crippen molar-refractivity contribution in [1.82, 2.24) is 5.32 Å². The van der Waals surface area contributed by atoms with Crippen LogP contribution >= 0.6 is 7.82 Å². The summed E-state index contributed by atoms with van der Waals surface area (Å²) < 4.78 is 88.3. The third kappa shape index (κ3) is 35.7. The number of nitrogens with one attached hydrogen (secondary N) is 1. The van der Waals surface area contributed by atoms with Crippen LogP contribution in [0.25, 0.3) is 0 Å². The number of carbonyl (C=O) groups excluding carboxylic acids is 2. The van der Waals surface area contributed by atoms with Gasteiger partial charge in [0.05, 0.1) is 38.3 Å². The topological polar surface area (TPSA) is 165 Å². The van der Waals surface area contributed by atoms with E-state index in [-0.39, 0.29) is 55.5 Å². The Hall–Kier alpha value is -3.24. The Bertz CT molecular complexity index is 2380. The van der Waals surface area contributed by atoms with Gasteiger partial charge in [0.2, 0.25) is 5.91 Å². The van der Waals surface area contributed by atoms with Crippen molar-refractivity contribution < 1.29 is 65.3 Å². The van der Waals surface area contributed by atoms with Crippen LogP contribution in [0.3, 0.4) is 0 Å². The first-order valence-corrected chi connectivity index (χ1v) is 47.3. The van der Waals surface area contributed by atoms with Crippen LogP contribution in [0, 0.1) is 0 Å².